The molecule has 3 rings (SSSR count). The lowest BCUT2D eigenvalue weighted by atomic mass is 10.0. The largest absolute Gasteiger partial charge is 0.496 e. The Hall–Kier alpha value is -3.52. The standard InChI is InChI=1S/C21H20N4O/c1-14-6-8-19(21(23)25-14)24-13-18-11-17(7-9-20(18)26-2)16-5-3-4-15(10-16)12-22/h3-11,24H,13H2,1-2H3,(H2,23,25). The van der Waals surface area contributed by atoms with Gasteiger partial charge in [0.1, 0.15) is 11.6 Å². The Bertz CT molecular complexity index is 976. The SMILES string of the molecule is COc1ccc(-c2cccc(C#N)c2)cc1CNc1ccc(C)nc1N. The van der Waals surface area contributed by atoms with Crippen LogP contribution < -0.4 is 15.8 Å². The summed E-state index contributed by atoms with van der Waals surface area (Å²) in [5.74, 6) is 1.26. The van der Waals surface area contributed by atoms with E-state index in [0.29, 0.717) is 17.9 Å². The summed E-state index contributed by atoms with van der Waals surface area (Å²) in [7, 11) is 1.65. The molecule has 5 nitrogen and oxygen atoms in total. The molecule has 0 aliphatic rings. The predicted molar refractivity (Wildman–Crippen MR) is 104 cm³/mol. The zero-order valence-electron chi connectivity index (χ0n) is 14.8. The summed E-state index contributed by atoms with van der Waals surface area (Å²) in [5, 5.41) is 12.4. The second-order valence-electron chi connectivity index (χ2n) is 5.96. The maximum absolute atomic E-state index is 9.10. The lowest BCUT2D eigenvalue weighted by Gasteiger charge is -2.14. The molecule has 2 aromatic carbocycles. The van der Waals surface area contributed by atoms with E-state index in [9.17, 15) is 0 Å². The number of nitrogens with zero attached hydrogens (tertiary/aromatic N) is 2. The van der Waals surface area contributed by atoms with Crippen LogP contribution in [0.4, 0.5) is 11.5 Å². The van der Waals surface area contributed by atoms with Crippen LogP contribution in [0.5, 0.6) is 5.75 Å². The summed E-state index contributed by atoms with van der Waals surface area (Å²) in [6, 6.07) is 19.5. The smallest absolute Gasteiger partial charge is 0.147 e. The number of hydrogen-bond donors (Lipinski definition) is 2. The van der Waals surface area contributed by atoms with Crippen molar-refractivity contribution in [2.45, 2.75) is 13.5 Å². The Morgan fingerprint density at radius 2 is 1.92 bits per heavy atom. The van der Waals surface area contributed by atoms with Crippen molar-refractivity contribution in [3.63, 3.8) is 0 Å². The van der Waals surface area contributed by atoms with Gasteiger partial charge in [0.25, 0.3) is 0 Å². The van der Waals surface area contributed by atoms with E-state index in [0.717, 1.165) is 33.8 Å². The number of aromatic nitrogens is 1. The number of benzene rings is 2. The Kier molecular flexibility index (Phi) is 5.04. The van der Waals surface area contributed by atoms with Gasteiger partial charge >= 0.3 is 0 Å². The first-order chi connectivity index (χ1) is 12.6. The summed E-state index contributed by atoms with van der Waals surface area (Å²) in [4.78, 5) is 4.27. The van der Waals surface area contributed by atoms with Gasteiger partial charge in [0.15, 0.2) is 0 Å². The minimum Gasteiger partial charge on any atom is -0.496 e. The van der Waals surface area contributed by atoms with E-state index in [1.54, 1.807) is 13.2 Å². The van der Waals surface area contributed by atoms with Gasteiger partial charge in [-0.1, -0.05) is 18.2 Å². The van der Waals surface area contributed by atoms with Gasteiger partial charge in [-0.2, -0.15) is 5.26 Å². The van der Waals surface area contributed by atoms with Gasteiger partial charge in [-0.25, -0.2) is 4.98 Å². The zero-order valence-corrected chi connectivity index (χ0v) is 14.8. The van der Waals surface area contributed by atoms with Crippen LogP contribution in [0.15, 0.2) is 54.6 Å². The molecule has 0 fully saturated rings. The van der Waals surface area contributed by atoms with E-state index < -0.39 is 0 Å². The first-order valence-electron chi connectivity index (χ1n) is 8.25. The molecule has 0 aliphatic heterocycles. The van der Waals surface area contributed by atoms with Crippen molar-refractivity contribution in [2.75, 3.05) is 18.2 Å². The topological polar surface area (TPSA) is 84.0 Å². The number of methoxy groups -OCH3 is 1. The monoisotopic (exact) mass is 344 g/mol. The van der Waals surface area contributed by atoms with Gasteiger partial charge in [0, 0.05) is 17.8 Å². The fourth-order valence-corrected chi connectivity index (χ4v) is 2.78. The third-order valence-corrected chi connectivity index (χ3v) is 4.14. The predicted octanol–water partition coefficient (Wildman–Crippen LogP) is 4.13. The van der Waals surface area contributed by atoms with Crippen molar-refractivity contribution >= 4 is 11.5 Å². The van der Waals surface area contributed by atoms with Crippen molar-refractivity contribution in [2.24, 2.45) is 0 Å². The number of anilines is 2. The fourth-order valence-electron chi connectivity index (χ4n) is 2.78. The Morgan fingerprint density at radius 3 is 2.65 bits per heavy atom. The highest BCUT2D eigenvalue weighted by molar-refractivity contribution is 5.68. The van der Waals surface area contributed by atoms with Gasteiger partial charge in [-0.05, 0) is 54.4 Å². The summed E-state index contributed by atoms with van der Waals surface area (Å²) in [6.07, 6.45) is 0. The van der Waals surface area contributed by atoms with Crippen molar-refractivity contribution in [3.05, 3.63) is 71.4 Å². The molecule has 0 bridgehead atoms. The second kappa shape index (κ2) is 7.58. The van der Waals surface area contributed by atoms with Crippen molar-refractivity contribution in [3.8, 4) is 22.9 Å². The number of nitrogen functional groups attached to an aromatic ring is 1. The zero-order chi connectivity index (χ0) is 18.5. The van der Waals surface area contributed by atoms with Crippen LogP contribution in [0, 0.1) is 18.3 Å². The second-order valence-corrected chi connectivity index (χ2v) is 5.96. The minimum atomic E-state index is 0.474. The molecule has 130 valence electrons. The van der Waals surface area contributed by atoms with E-state index in [2.05, 4.69) is 22.4 Å². The molecule has 0 unspecified atom stereocenters. The van der Waals surface area contributed by atoms with E-state index in [1.165, 1.54) is 0 Å². The number of nitriles is 1. The van der Waals surface area contributed by atoms with Crippen LogP contribution in [0.1, 0.15) is 16.8 Å². The van der Waals surface area contributed by atoms with Crippen LogP contribution >= 0.6 is 0 Å². The molecular formula is C21H20N4O. The average molecular weight is 344 g/mol. The third-order valence-electron chi connectivity index (χ3n) is 4.14. The molecule has 0 radical (unpaired) electrons. The van der Waals surface area contributed by atoms with Crippen molar-refractivity contribution < 1.29 is 4.74 Å². The molecule has 1 aromatic heterocycles. The van der Waals surface area contributed by atoms with Gasteiger partial charge < -0.3 is 15.8 Å². The highest BCUT2D eigenvalue weighted by Gasteiger charge is 2.08. The number of nitrogens with two attached hydrogens (primary N) is 1. The molecule has 26 heavy (non-hydrogen) atoms. The highest BCUT2D eigenvalue weighted by atomic mass is 16.5. The lowest BCUT2D eigenvalue weighted by Crippen LogP contribution is -2.06. The Morgan fingerprint density at radius 1 is 1.12 bits per heavy atom. The average Bonchev–Trinajstić information content (AvgIpc) is 2.67. The van der Waals surface area contributed by atoms with Crippen LogP contribution in [-0.4, -0.2) is 12.1 Å². The fraction of sp³-hybridized carbons (Fsp3) is 0.143. The Labute approximate surface area is 153 Å². The molecule has 0 aliphatic carbocycles. The quantitative estimate of drug-likeness (QED) is 0.727. The summed E-state index contributed by atoms with van der Waals surface area (Å²) >= 11 is 0. The molecule has 3 N–H and O–H groups in total. The highest BCUT2D eigenvalue weighted by Crippen LogP contribution is 2.28. The van der Waals surface area contributed by atoms with E-state index >= 15 is 0 Å². The first-order valence-corrected chi connectivity index (χ1v) is 8.25. The molecule has 0 saturated carbocycles. The van der Waals surface area contributed by atoms with Gasteiger partial charge in [-0.15, -0.1) is 0 Å². The third kappa shape index (κ3) is 3.76. The summed E-state index contributed by atoms with van der Waals surface area (Å²) in [5.41, 5.74) is 11.3. The lowest BCUT2D eigenvalue weighted by molar-refractivity contribution is 0.410. The number of aryl methyl sites for hydroxylation is 1. The maximum Gasteiger partial charge on any atom is 0.147 e. The van der Waals surface area contributed by atoms with E-state index in [-0.39, 0.29) is 0 Å². The molecule has 0 amide bonds. The molecule has 1 heterocycles. The molecule has 0 atom stereocenters. The molecule has 0 saturated heterocycles. The van der Waals surface area contributed by atoms with Gasteiger partial charge in [0.2, 0.25) is 0 Å². The van der Waals surface area contributed by atoms with Gasteiger partial charge in [-0.3, -0.25) is 0 Å². The molecular weight excluding hydrogens is 324 g/mol. The molecule has 3 aromatic rings. The van der Waals surface area contributed by atoms with Crippen LogP contribution in [-0.2, 0) is 6.54 Å². The van der Waals surface area contributed by atoms with Crippen LogP contribution in [0.3, 0.4) is 0 Å². The minimum absolute atomic E-state index is 0.474. The summed E-state index contributed by atoms with van der Waals surface area (Å²) < 4.78 is 5.48. The Balaban J connectivity index is 1.89. The number of hydrogen-bond acceptors (Lipinski definition) is 5. The number of ether oxygens (including phenoxy) is 1. The van der Waals surface area contributed by atoms with Crippen molar-refractivity contribution in [1.82, 2.24) is 4.98 Å². The van der Waals surface area contributed by atoms with E-state index in [4.69, 9.17) is 15.7 Å². The number of nitrogens with one attached hydrogen (secondary N) is 1. The number of pyridine rings is 1. The van der Waals surface area contributed by atoms with Gasteiger partial charge in [0.05, 0.1) is 24.4 Å². The normalized spacial score (nSPS) is 10.2. The molecule has 5 heteroatoms. The molecule has 0 spiro atoms. The van der Waals surface area contributed by atoms with Crippen LogP contribution in [0.25, 0.3) is 11.1 Å². The first kappa shape index (κ1) is 17.3. The van der Waals surface area contributed by atoms with Crippen molar-refractivity contribution in [1.29, 1.82) is 5.26 Å². The summed E-state index contributed by atoms with van der Waals surface area (Å²) in [6.45, 7) is 2.45. The maximum atomic E-state index is 9.10. The van der Waals surface area contributed by atoms with Crippen LogP contribution in [0.2, 0.25) is 0 Å². The number of rotatable bonds is 5. The van der Waals surface area contributed by atoms with E-state index in [1.807, 2.05) is 49.4 Å².